The molecule has 1 fully saturated rings. The van der Waals surface area contributed by atoms with Crippen LogP contribution in [0.5, 0.6) is 0 Å². The second kappa shape index (κ2) is 9.15. The highest BCUT2D eigenvalue weighted by Crippen LogP contribution is 2.30. The molecule has 30 heavy (non-hydrogen) atoms. The maximum atomic E-state index is 11.0. The van der Waals surface area contributed by atoms with E-state index in [0.717, 1.165) is 47.5 Å². The summed E-state index contributed by atoms with van der Waals surface area (Å²) in [5.74, 6) is -0.416. The summed E-state index contributed by atoms with van der Waals surface area (Å²) < 4.78 is 5.40. The molecule has 8 heteroatoms. The predicted octanol–water partition coefficient (Wildman–Crippen LogP) is 4.21. The minimum Gasteiger partial charge on any atom is -0.478 e. The first-order valence-electron chi connectivity index (χ1n) is 9.63. The lowest BCUT2D eigenvalue weighted by molar-refractivity contribution is 0.0697. The number of hydrogen-bond acceptors (Lipinski definition) is 7. The highest BCUT2D eigenvalue weighted by molar-refractivity contribution is 7.99. The highest BCUT2D eigenvalue weighted by atomic mass is 32.2. The lowest BCUT2D eigenvalue weighted by Crippen LogP contribution is -2.36. The molecule has 0 amide bonds. The van der Waals surface area contributed by atoms with Gasteiger partial charge in [0.15, 0.2) is 0 Å². The van der Waals surface area contributed by atoms with Crippen LogP contribution < -0.4 is 10.2 Å². The van der Waals surface area contributed by atoms with Gasteiger partial charge in [0.2, 0.25) is 5.95 Å². The molecule has 0 aliphatic carbocycles. The number of ether oxygens (including phenoxy) is 1. The van der Waals surface area contributed by atoms with Crippen LogP contribution in [0.1, 0.15) is 15.9 Å². The Morgan fingerprint density at radius 3 is 2.47 bits per heavy atom. The van der Waals surface area contributed by atoms with Crippen LogP contribution in [0.4, 0.5) is 17.3 Å². The summed E-state index contributed by atoms with van der Waals surface area (Å²) in [7, 11) is 0. The minimum absolute atomic E-state index is 0.265. The molecule has 0 saturated carbocycles. The van der Waals surface area contributed by atoms with Crippen molar-refractivity contribution in [3.63, 3.8) is 0 Å². The van der Waals surface area contributed by atoms with Crippen LogP contribution >= 0.6 is 11.8 Å². The van der Waals surface area contributed by atoms with Crippen molar-refractivity contribution < 1.29 is 14.6 Å². The number of carbonyl (C=O) groups is 1. The Morgan fingerprint density at radius 1 is 1.10 bits per heavy atom. The number of hydrogen-bond donors (Lipinski definition) is 2. The van der Waals surface area contributed by atoms with Crippen LogP contribution in [-0.4, -0.2) is 47.3 Å². The van der Waals surface area contributed by atoms with E-state index in [0.29, 0.717) is 5.95 Å². The van der Waals surface area contributed by atoms with E-state index in [2.05, 4.69) is 32.3 Å². The molecule has 0 atom stereocenters. The average Bonchev–Trinajstić information content (AvgIpc) is 2.77. The molecule has 2 aromatic carbocycles. The van der Waals surface area contributed by atoms with Gasteiger partial charge in [0.1, 0.15) is 5.03 Å². The summed E-state index contributed by atoms with van der Waals surface area (Å²) in [6.07, 6.45) is 1.78. The Bertz CT molecular complexity index is 1020. The first kappa shape index (κ1) is 20.2. The highest BCUT2D eigenvalue weighted by Gasteiger charge is 2.12. The van der Waals surface area contributed by atoms with Gasteiger partial charge in [-0.3, -0.25) is 0 Å². The second-order valence-corrected chi connectivity index (χ2v) is 7.95. The molecule has 4 rings (SSSR count). The second-order valence-electron chi connectivity index (χ2n) is 6.88. The summed E-state index contributed by atoms with van der Waals surface area (Å²) in [5.41, 5.74) is 3.31. The number of aromatic carboxylic acids is 1. The molecule has 0 unspecified atom stereocenters. The van der Waals surface area contributed by atoms with Crippen molar-refractivity contribution in [3.8, 4) is 0 Å². The standard InChI is InChI=1S/C22H22N4O3S/c1-15-14-23-22(25-20(15)30-19-8-2-16(3-9-19)21(27)28)24-17-4-6-18(7-5-17)26-10-12-29-13-11-26/h2-9,14H,10-13H2,1H3,(H,27,28)(H,23,24,25). The van der Waals surface area contributed by atoms with Gasteiger partial charge in [-0.1, -0.05) is 11.8 Å². The Kier molecular flexibility index (Phi) is 6.15. The van der Waals surface area contributed by atoms with Crippen LogP contribution in [0.25, 0.3) is 0 Å². The lowest BCUT2D eigenvalue weighted by Gasteiger charge is -2.28. The number of nitrogens with zero attached hydrogens (tertiary/aromatic N) is 3. The minimum atomic E-state index is -0.934. The van der Waals surface area contributed by atoms with Crippen molar-refractivity contribution in [2.45, 2.75) is 16.8 Å². The molecule has 1 aliphatic rings. The quantitative estimate of drug-likeness (QED) is 0.571. The third-order valence-corrected chi connectivity index (χ3v) is 5.86. The van der Waals surface area contributed by atoms with Crippen molar-refractivity contribution in [2.75, 3.05) is 36.5 Å². The number of carboxylic acids is 1. The Balaban J connectivity index is 1.45. The monoisotopic (exact) mass is 422 g/mol. The number of benzene rings is 2. The number of rotatable bonds is 6. The van der Waals surface area contributed by atoms with Crippen LogP contribution in [0.2, 0.25) is 0 Å². The van der Waals surface area contributed by atoms with E-state index in [1.54, 1.807) is 30.5 Å². The molecule has 0 spiro atoms. The van der Waals surface area contributed by atoms with E-state index in [1.165, 1.54) is 17.4 Å². The van der Waals surface area contributed by atoms with Crippen molar-refractivity contribution >= 4 is 35.1 Å². The van der Waals surface area contributed by atoms with Crippen molar-refractivity contribution in [3.05, 3.63) is 65.9 Å². The summed E-state index contributed by atoms with van der Waals surface area (Å²) >= 11 is 1.48. The number of carboxylic acid groups (broad SMARTS) is 1. The van der Waals surface area contributed by atoms with E-state index in [9.17, 15) is 4.79 Å². The zero-order valence-electron chi connectivity index (χ0n) is 16.5. The van der Waals surface area contributed by atoms with Gasteiger partial charge in [0, 0.05) is 41.1 Å². The molecule has 7 nitrogen and oxygen atoms in total. The first-order valence-corrected chi connectivity index (χ1v) is 10.4. The van der Waals surface area contributed by atoms with Crippen LogP contribution in [0.15, 0.2) is 64.6 Å². The first-order chi connectivity index (χ1) is 14.6. The van der Waals surface area contributed by atoms with Crippen molar-refractivity contribution in [1.29, 1.82) is 0 Å². The molecule has 1 aromatic heterocycles. The molecule has 154 valence electrons. The van der Waals surface area contributed by atoms with E-state index in [1.807, 2.05) is 19.1 Å². The van der Waals surface area contributed by atoms with Gasteiger partial charge in [-0.05, 0) is 55.5 Å². The maximum absolute atomic E-state index is 11.0. The Morgan fingerprint density at radius 2 is 1.80 bits per heavy atom. The molecule has 2 N–H and O–H groups in total. The smallest absolute Gasteiger partial charge is 0.335 e. The SMILES string of the molecule is Cc1cnc(Nc2ccc(N3CCOCC3)cc2)nc1Sc1ccc(C(=O)O)cc1. The van der Waals surface area contributed by atoms with Gasteiger partial charge in [0.05, 0.1) is 18.8 Å². The molecule has 2 heterocycles. The summed E-state index contributed by atoms with van der Waals surface area (Å²) in [5, 5.41) is 13.1. The zero-order valence-corrected chi connectivity index (χ0v) is 17.4. The number of aromatic nitrogens is 2. The van der Waals surface area contributed by atoms with Crippen molar-refractivity contribution in [2.24, 2.45) is 0 Å². The van der Waals surface area contributed by atoms with Crippen molar-refractivity contribution in [1.82, 2.24) is 9.97 Å². The van der Waals surface area contributed by atoms with E-state index < -0.39 is 5.97 Å². The largest absolute Gasteiger partial charge is 0.478 e. The van der Waals surface area contributed by atoms with Crippen LogP contribution in [0.3, 0.4) is 0 Å². The molecule has 1 saturated heterocycles. The number of anilines is 3. The molecular formula is C22H22N4O3S. The third kappa shape index (κ3) is 4.90. The van der Waals surface area contributed by atoms with Gasteiger partial charge < -0.3 is 20.1 Å². The Hall–Kier alpha value is -3.10. The molecule has 0 radical (unpaired) electrons. The fourth-order valence-electron chi connectivity index (χ4n) is 3.07. The van der Waals surface area contributed by atoms with Crippen LogP contribution in [0, 0.1) is 6.92 Å². The lowest BCUT2D eigenvalue weighted by atomic mass is 10.2. The summed E-state index contributed by atoms with van der Waals surface area (Å²) in [6, 6.07) is 15.0. The van der Waals surface area contributed by atoms with Gasteiger partial charge in [-0.25, -0.2) is 14.8 Å². The summed E-state index contributed by atoms with van der Waals surface area (Å²) in [6.45, 7) is 5.28. The van der Waals surface area contributed by atoms with Gasteiger partial charge in [-0.15, -0.1) is 0 Å². The van der Waals surface area contributed by atoms with E-state index in [-0.39, 0.29) is 5.56 Å². The van der Waals surface area contributed by atoms with E-state index >= 15 is 0 Å². The van der Waals surface area contributed by atoms with E-state index in [4.69, 9.17) is 9.84 Å². The number of morpholine rings is 1. The third-order valence-electron chi connectivity index (χ3n) is 4.74. The normalized spacial score (nSPS) is 13.8. The fraction of sp³-hybridized carbons (Fsp3) is 0.227. The average molecular weight is 423 g/mol. The summed E-state index contributed by atoms with van der Waals surface area (Å²) in [4.78, 5) is 23.2. The number of nitrogens with one attached hydrogen (secondary N) is 1. The topological polar surface area (TPSA) is 87.6 Å². The van der Waals surface area contributed by atoms with Gasteiger partial charge >= 0.3 is 5.97 Å². The fourth-order valence-corrected chi connectivity index (χ4v) is 3.91. The molecular weight excluding hydrogens is 400 g/mol. The molecule has 1 aliphatic heterocycles. The molecule has 0 bridgehead atoms. The van der Waals surface area contributed by atoms with Gasteiger partial charge in [-0.2, -0.15) is 0 Å². The predicted molar refractivity (Wildman–Crippen MR) is 117 cm³/mol. The van der Waals surface area contributed by atoms with Gasteiger partial charge in [0.25, 0.3) is 0 Å². The maximum Gasteiger partial charge on any atom is 0.335 e. The number of aryl methyl sites for hydroxylation is 1. The zero-order chi connectivity index (χ0) is 20.9. The Labute approximate surface area is 179 Å². The van der Waals surface area contributed by atoms with Crippen LogP contribution in [-0.2, 0) is 4.74 Å². The molecule has 3 aromatic rings.